The normalized spacial score (nSPS) is 16.0. The van der Waals surface area contributed by atoms with E-state index >= 15 is 0 Å². The van der Waals surface area contributed by atoms with Crippen LogP contribution in [0.1, 0.15) is 39.7 Å². The third kappa shape index (κ3) is 4.03. The first-order chi connectivity index (χ1) is 9.91. The van der Waals surface area contributed by atoms with Gasteiger partial charge < -0.3 is 10.2 Å². The van der Waals surface area contributed by atoms with Gasteiger partial charge in [0.05, 0.1) is 6.20 Å². The molecule has 1 aromatic heterocycles. The Bertz CT molecular complexity index is 517. The standard InChI is InChI=1S/C17H26FN3/c1-5-19-11-13-10-15(18)12-20-16(13)21-8-6-14(7-9-21)17(2,3)4/h6,10,12,19H,5,7-9,11H2,1-4H3. The van der Waals surface area contributed by atoms with Crippen molar-refractivity contribution in [3.63, 3.8) is 0 Å². The summed E-state index contributed by atoms with van der Waals surface area (Å²) in [5, 5.41) is 3.26. The molecule has 0 bridgehead atoms. The third-order valence-corrected chi connectivity index (χ3v) is 3.95. The molecule has 0 saturated carbocycles. The number of anilines is 1. The van der Waals surface area contributed by atoms with Crippen LogP contribution in [0.5, 0.6) is 0 Å². The first kappa shape index (κ1) is 16.0. The second-order valence-electron chi connectivity index (χ2n) is 6.59. The van der Waals surface area contributed by atoms with Crippen molar-refractivity contribution >= 4 is 5.82 Å². The zero-order valence-corrected chi connectivity index (χ0v) is 13.5. The molecule has 1 N–H and O–H groups in total. The van der Waals surface area contributed by atoms with Gasteiger partial charge in [0.15, 0.2) is 0 Å². The minimum atomic E-state index is -0.269. The Morgan fingerprint density at radius 3 is 2.71 bits per heavy atom. The Morgan fingerprint density at radius 2 is 2.14 bits per heavy atom. The highest BCUT2D eigenvalue weighted by molar-refractivity contribution is 5.49. The van der Waals surface area contributed by atoms with Crippen molar-refractivity contribution in [2.75, 3.05) is 24.5 Å². The molecule has 2 heterocycles. The van der Waals surface area contributed by atoms with Gasteiger partial charge in [-0.15, -0.1) is 0 Å². The Morgan fingerprint density at radius 1 is 1.38 bits per heavy atom. The largest absolute Gasteiger partial charge is 0.352 e. The van der Waals surface area contributed by atoms with Gasteiger partial charge in [-0.3, -0.25) is 0 Å². The van der Waals surface area contributed by atoms with Gasteiger partial charge in [-0.05, 0) is 24.4 Å². The summed E-state index contributed by atoms with van der Waals surface area (Å²) in [4.78, 5) is 6.56. The lowest BCUT2D eigenvalue weighted by molar-refractivity contribution is 0.472. The minimum absolute atomic E-state index is 0.231. The molecule has 0 atom stereocenters. The topological polar surface area (TPSA) is 28.2 Å². The average molecular weight is 291 g/mol. The van der Waals surface area contributed by atoms with Gasteiger partial charge in [-0.25, -0.2) is 9.37 Å². The van der Waals surface area contributed by atoms with E-state index in [4.69, 9.17) is 0 Å². The molecular weight excluding hydrogens is 265 g/mol. The number of aromatic nitrogens is 1. The second kappa shape index (κ2) is 6.56. The molecule has 116 valence electrons. The molecule has 0 aromatic carbocycles. The first-order valence-electron chi connectivity index (χ1n) is 7.71. The van der Waals surface area contributed by atoms with Crippen LogP contribution in [0.3, 0.4) is 0 Å². The zero-order valence-electron chi connectivity index (χ0n) is 13.5. The highest BCUT2D eigenvalue weighted by Gasteiger charge is 2.23. The number of pyridine rings is 1. The van der Waals surface area contributed by atoms with Crippen molar-refractivity contribution in [2.45, 2.75) is 40.7 Å². The van der Waals surface area contributed by atoms with E-state index in [1.54, 1.807) is 6.07 Å². The van der Waals surface area contributed by atoms with Crippen molar-refractivity contribution in [3.8, 4) is 0 Å². The van der Waals surface area contributed by atoms with Crippen molar-refractivity contribution in [3.05, 3.63) is 35.3 Å². The molecule has 0 aliphatic carbocycles. The molecule has 0 fully saturated rings. The van der Waals surface area contributed by atoms with Gasteiger partial charge in [0, 0.05) is 25.2 Å². The molecule has 21 heavy (non-hydrogen) atoms. The Balaban J connectivity index is 2.18. The average Bonchev–Trinajstić information content (AvgIpc) is 2.44. The number of hydrogen-bond donors (Lipinski definition) is 1. The molecule has 0 amide bonds. The number of halogens is 1. The predicted molar refractivity (Wildman–Crippen MR) is 85.9 cm³/mol. The van der Waals surface area contributed by atoms with Gasteiger partial charge in [0.1, 0.15) is 11.6 Å². The number of rotatable bonds is 4. The number of nitrogens with one attached hydrogen (secondary N) is 1. The van der Waals surface area contributed by atoms with Gasteiger partial charge in [-0.2, -0.15) is 0 Å². The fraction of sp³-hybridized carbons (Fsp3) is 0.588. The summed E-state index contributed by atoms with van der Waals surface area (Å²) in [6.45, 7) is 12.1. The molecule has 0 unspecified atom stereocenters. The lowest BCUT2D eigenvalue weighted by Crippen LogP contribution is -2.33. The van der Waals surface area contributed by atoms with Crippen molar-refractivity contribution in [2.24, 2.45) is 5.41 Å². The van der Waals surface area contributed by atoms with E-state index in [0.717, 1.165) is 37.4 Å². The van der Waals surface area contributed by atoms with Crippen LogP contribution in [-0.4, -0.2) is 24.6 Å². The van der Waals surface area contributed by atoms with E-state index in [-0.39, 0.29) is 11.2 Å². The predicted octanol–water partition coefficient (Wildman–Crippen LogP) is 3.51. The number of nitrogens with zero attached hydrogens (tertiary/aromatic N) is 2. The van der Waals surface area contributed by atoms with Crippen LogP contribution in [0.4, 0.5) is 10.2 Å². The van der Waals surface area contributed by atoms with Crippen LogP contribution in [0.25, 0.3) is 0 Å². The molecule has 1 aromatic rings. The Kier molecular flexibility index (Phi) is 4.99. The van der Waals surface area contributed by atoms with Crippen molar-refractivity contribution in [1.29, 1.82) is 0 Å². The molecule has 1 aliphatic rings. The quantitative estimate of drug-likeness (QED) is 0.860. The fourth-order valence-electron chi connectivity index (χ4n) is 2.69. The van der Waals surface area contributed by atoms with Crippen LogP contribution in [0, 0.1) is 11.2 Å². The minimum Gasteiger partial charge on any atom is -0.352 e. The number of hydrogen-bond acceptors (Lipinski definition) is 3. The maximum Gasteiger partial charge on any atom is 0.141 e. The molecule has 0 spiro atoms. The molecule has 0 radical (unpaired) electrons. The Hall–Kier alpha value is -1.42. The maximum absolute atomic E-state index is 13.4. The maximum atomic E-state index is 13.4. The van der Waals surface area contributed by atoms with Gasteiger partial charge in [0.25, 0.3) is 0 Å². The summed E-state index contributed by atoms with van der Waals surface area (Å²) in [6, 6.07) is 1.59. The van der Waals surface area contributed by atoms with E-state index in [9.17, 15) is 4.39 Å². The summed E-state index contributed by atoms with van der Waals surface area (Å²) in [6.07, 6.45) is 4.66. The smallest absolute Gasteiger partial charge is 0.141 e. The van der Waals surface area contributed by atoms with Crippen LogP contribution in [0.15, 0.2) is 23.9 Å². The molecule has 4 heteroatoms. The molecule has 0 saturated heterocycles. The summed E-state index contributed by atoms with van der Waals surface area (Å²) >= 11 is 0. The first-order valence-corrected chi connectivity index (χ1v) is 7.71. The molecule has 3 nitrogen and oxygen atoms in total. The summed E-state index contributed by atoms with van der Waals surface area (Å²) in [7, 11) is 0. The second-order valence-corrected chi connectivity index (χ2v) is 6.59. The molecule has 1 aliphatic heterocycles. The van der Waals surface area contributed by atoms with E-state index < -0.39 is 0 Å². The van der Waals surface area contributed by atoms with E-state index in [1.165, 1.54) is 11.8 Å². The van der Waals surface area contributed by atoms with Crippen LogP contribution >= 0.6 is 0 Å². The van der Waals surface area contributed by atoms with E-state index in [1.807, 2.05) is 6.92 Å². The summed E-state index contributed by atoms with van der Waals surface area (Å²) < 4.78 is 13.4. The lowest BCUT2D eigenvalue weighted by Gasteiger charge is -2.33. The van der Waals surface area contributed by atoms with Crippen LogP contribution in [-0.2, 0) is 6.54 Å². The molecule has 2 rings (SSSR count). The Labute approximate surface area is 127 Å². The monoisotopic (exact) mass is 291 g/mol. The highest BCUT2D eigenvalue weighted by Crippen LogP contribution is 2.31. The van der Waals surface area contributed by atoms with Crippen molar-refractivity contribution < 1.29 is 4.39 Å². The van der Waals surface area contributed by atoms with Gasteiger partial charge in [0.2, 0.25) is 0 Å². The van der Waals surface area contributed by atoms with Crippen LogP contribution in [0.2, 0.25) is 0 Å². The van der Waals surface area contributed by atoms with E-state index in [2.05, 4.69) is 42.0 Å². The fourth-order valence-corrected chi connectivity index (χ4v) is 2.69. The third-order valence-electron chi connectivity index (χ3n) is 3.95. The van der Waals surface area contributed by atoms with Gasteiger partial charge in [-0.1, -0.05) is 39.3 Å². The van der Waals surface area contributed by atoms with Crippen LogP contribution < -0.4 is 10.2 Å². The zero-order chi connectivity index (χ0) is 15.5. The summed E-state index contributed by atoms with van der Waals surface area (Å²) in [5.41, 5.74) is 2.66. The summed E-state index contributed by atoms with van der Waals surface area (Å²) in [5.74, 6) is 0.635. The van der Waals surface area contributed by atoms with Crippen molar-refractivity contribution in [1.82, 2.24) is 10.3 Å². The SMILES string of the molecule is CCNCc1cc(F)cnc1N1CC=C(C(C)(C)C)CC1. The van der Waals surface area contributed by atoms with E-state index in [0.29, 0.717) is 6.54 Å². The molecular formula is C17H26FN3. The lowest BCUT2D eigenvalue weighted by atomic mass is 9.83. The van der Waals surface area contributed by atoms with Gasteiger partial charge >= 0.3 is 0 Å². The highest BCUT2D eigenvalue weighted by atomic mass is 19.1.